The molecule has 0 spiro atoms. The molecule has 1 heterocycles. The van der Waals surface area contributed by atoms with Gasteiger partial charge in [-0.25, -0.2) is 8.42 Å². The van der Waals surface area contributed by atoms with E-state index in [1.54, 1.807) is 42.5 Å². The Balaban J connectivity index is 1.65. The maximum atomic E-state index is 12.3. The van der Waals surface area contributed by atoms with E-state index >= 15 is 0 Å². The van der Waals surface area contributed by atoms with E-state index in [9.17, 15) is 13.2 Å². The normalized spacial score (nSPS) is 15.1. The number of hydrogen-bond acceptors (Lipinski definition) is 4. The Morgan fingerprint density at radius 1 is 1.13 bits per heavy atom. The lowest BCUT2D eigenvalue weighted by atomic mass is 9.99. The Kier molecular flexibility index (Phi) is 7.26. The van der Waals surface area contributed by atoms with Gasteiger partial charge in [0.1, 0.15) is 5.75 Å². The van der Waals surface area contributed by atoms with Gasteiger partial charge in [0.25, 0.3) is 5.91 Å². The smallest absolute Gasteiger partial charge is 0.260 e. The van der Waals surface area contributed by atoms with Crippen LogP contribution in [-0.2, 0) is 21.4 Å². The van der Waals surface area contributed by atoms with Crippen LogP contribution in [0.1, 0.15) is 25.3 Å². The molecule has 1 aliphatic rings. The Hall–Kier alpha value is -2.25. The highest BCUT2D eigenvalue weighted by Gasteiger charge is 2.21. The number of ether oxygens (including phenoxy) is 1. The highest BCUT2D eigenvalue weighted by Crippen LogP contribution is 2.26. The lowest BCUT2D eigenvalue weighted by Crippen LogP contribution is -2.40. The number of piperidine rings is 1. The Morgan fingerprint density at radius 3 is 2.37 bits per heavy atom. The number of halogens is 1. The van der Waals surface area contributed by atoms with Crippen LogP contribution in [-0.4, -0.2) is 45.2 Å². The first-order valence-electron chi connectivity index (χ1n) is 9.96. The second kappa shape index (κ2) is 9.71. The fraction of sp³-hybridized carbons (Fsp3) is 0.409. The minimum absolute atomic E-state index is 0.0247. The number of carbonyl (C=O) groups excluding carboxylic acids is 1. The first-order chi connectivity index (χ1) is 14.2. The molecule has 1 amide bonds. The zero-order chi connectivity index (χ0) is 21.7. The molecule has 1 aliphatic heterocycles. The van der Waals surface area contributed by atoms with Gasteiger partial charge in [0.2, 0.25) is 10.0 Å². The summed E-state index contributed by atoms with van der Waals surface area (Å²) in [5, 5.41) is 0.511. The number of benzene rings is 2. The van der Waals surface area contributed by atoms with Crippen molar-refractivity contribution in [1.82, 2.24) is 4.90 Å². The first-order valence-corrected chi connectivity index (χ1v) is 12.2. The van der Waals surface area contributed by atoms with Gasteiger partial charge in [-0.15, -0.1) is 0 Å². The molecular weight excluding hydrogens is 424 g/mol. The van der Waals surface area contributed by atoms with Crippen molar-refractivity contribution in [3.63, 3.8) is 0 Å². The molecule has 162 valence electrons. The Labute approximate surface area is 183 Å². The zero-order valence-electron chi connectivity index (χ0n) is 17.3. The van der Waals surface area contributed by atoms with Crippen LogP contribution in [0.15, 0.2) is 48.5 Å². The van der Waals surface area contributed by atoms with E-state index in [0.29, 0.717) is 27.9 Å². The van der Waals surface area contributed by atoms with Crippen molar-refractivity contribution in [2.24, 2.45) is 5.92 Å². The summed E-state index contributed by atoms with van der Waals surface area (Å²) in [6.07, 6.45) is 3.20. The van der Waals surface area contributed by atoms with Gasteiger partial charge in [-0.3, -0.25) is 9.10 Å². The molecule has 1 saturated heterocycles. The first kappa shape index (κ1) is 22.4. The minimum Gasteiger partial charge on any atom is -0.484 e. The molecular formula is C22H27ClN2O4S. The summed E-state index contributed by atoms with van der Waals surface area (Å²) in [4.78, 5) is 14.2. The maximum Gasteiger partial charge on any atom is 0.260 e. The molecule has 2 aromatic rings. The van der Waals surface area contributed by atoms with E-state index in [4.69, 9.17) is 16.3 Å². The number of likely N-dealkylation sites (tertiary alicyclic amines) is 1. The summed E-state index contributed by atoms with van der Waals surface area (Å²) in [6.45, 7) is 3.85. The zero-order valence-corrected chi connectivity index (χ0v) is 18.8. The molecule has 8 heteroatoms. The number of amides is 1. The maximum absolute atomic E-state index is 12.3. The fourth-order valence-corrected chi connectivity index (χ4v) is 4.46. The summed E-state index contributed by atoms with van der Waals surface area (Å²) in [5.41, 5.74) is 1.22. The van der Waals surface area contributed by atoms with Crippen molar-refractivity contribution in [3.05, 3.63) is 59.1 Å². The number of hydrogen-bond donors (Lipinski definition) is 0. The second-order valence-corrected chi connectivity index (χ2v) is 10.0. The lowest BCUT2D eigenvalue weighted by molar-refractivity contribution is -0.134. The van der Waals surface area contributed by atoms with E-state index in [1.807, 2.05) is 11.0 Å². The molecule has 30 heavy (non-hydrogen) atoms. The highest BCUT2D eigenvalue weighted by atomic mass is 35.5. The largest absolute Gasteiger partial charge is 0.484 e. The summed E-state index contributed by atoms with van der Waals surface area (Å²) < 4.78 is 31.6. The molecule has 6 nitrogen and oxygen atoms in total. The topological polar surface area (TPSA) is 66.9 Å². The molecule has 0 N–H and O–H groups in total. The molecule has 0 aromatic heterocycles. The van der Waals surface area contributed by atoms with Crippen LogP contribution in [0.3, 0.4) is 0 Å². The van der Waals surface area contributed by atoms with Crippen LogP contribution < -0.4 is 9.04 Å². The molecule has 0 saturated carbocycles. The second-order valence-electron chi connectivity index (χ2n) is 7.71. The number of sulfonamides is 1. The van der Waals surface area contributed by atoms with Gasteiger partial charge in [0.05, 0.1) is 18.5 Å². The van der Waals surface area contributed by atoms with Gasteiger partial charge in [-0.1, -0.05) is 36.7 Å². The van der Waals surface area contributed by atoms with Gasteiger partial charge in [-0.05, 0) is 54.7 Å². The molecule has 0 radical (unpaired) electrons. The highest BCUT2D eigenvalue weighted by molar-refractivity contribution is 7.92. The minimum atomic E-state index is -3.52. The molecule has 2 aromatic carbocycles. The van der Waals surface area contributed by atoms with Crippen molar-refractivity contribution < 1.29 is 17.9 Å². The quantitative estimate of drug-likeness (QED) is 0.640. The standard InChI is InChI=1S/C22H27ClN2O4S/c1-17-11-13-24(14-12-17)22(26)16-29-20-9-7-19(8-10-20)25(30(2,27)28)15-18-5-3-4-6-21(18)23/h3-10,17H,11-16H2,1-2H3. The lowest BCUT2D eigenvalue weighted by Gasteiger charge is -2.30. The Bertz CT molecular complexity index is 971. The van der Waals surface area contributed by atoms with Gasteiger partial charge in [-0.2, -0.15) is 0 Å². The average molecular weight is 451 g/mol. The van der Waals surface area contributed by atoms with E-state index in [0.717, 1.165) is 32.2 Å². The molecule has 3 rings (SSSR count). The number of anilines is 1. The summed E-state index contributed by atoms with van der Waals surface area (Å²) >= 11 is 6.20. The average Bonchev–Trinajstić information content (AvgIpc) is 2.71. The third kappa shape index (κ3) is 5.89. The van der Waals surface area contributed by atoms with E-state index < -0.39 is 10.0 Å². The predicted molar refractivity (Wildman–Crippen MR) is 119 cm³/mol. The van der Waals surface area contributed by atoms with Crippen molar-refractivity contribution in [3.8, 4) is 5.75 Å². The van der Waals surface area contributed by atoms with Gasteiger partial charge < -0.3 is 9.64 Å². The van der Waals surface area contributed by atoms with Crippen molar-refractivity contribution in [2.45, 2.75) is 26.3 Å². The van der Waals surface area contributed by atoms with Crippen LogP contribution >= 0.6 is 11.6 Å². The Morgan fingerprint density at radius 2 is 1.77 bits per heavy atom. The van der Waals surface area contributed by atoms with Crippen molar-refractivity contribution in [1.29, 1.82) is 0 Å². The summed E-state index contributed by atoms with van der Waals surface area (Å²) in [7, 11) is -3.52. The molecule has 0 aliphatic carbocycles. The molecule has 0 unspecified atom stereocenters. The number of carbonyl (C=O) groups is 1. The van der Waals surface area contributed by atoms with E-state index in [1.165, 1.54) is 4.31 Å². The van der Waals surface area contributed by atoms with Crippen LogP contribution in [0, 0.1) is 5.92 Å². The van der Waals surface area contributed by atoms with Crippen LogP contribution in [0.25, 0.3) is 0 Å². The SMILES string of the molecule is CC1CCN(C(=O)COc2ccc(N(Cc3ccccc3Cl)S(C)(=O)=O)cc2)CC1. The third-order valence-corrected chi connectivity index (χ3v) is 6.80. The van der Waals surface area contributed by atoms with Crippen molar-refractivity contribution >= 4 is 33.2 Å². The van der Waals surface area contributed by atoms with Gasteiger partial charge in [0, 0.05) is 18.1 Å². The fourth-order valence-electron chi connectivity index (χ4n) is 3.38. The monoisotopic (exact) mass is 450 g/mol. The van der Waals surface area contributed by atoms with Gasteiger partial charge >= 0.3 is 0 Å². The molecule has 0 atom stereocenters. The number of rotatable bonds is 7. The predicted octanol–water partition coefficient (Wildman–Crippen LogP) is 3.94. The van der Waals surface area contributed by atoms with Crippen molar-refractivity contribution in [2.75, 3.05) is 30.3 Å². The van der Waals surface area contributed by atoms with E-state index in [-0.39, 0.29) is 19.1 Å². The van der Waals surface area contributed by atoms with Gasteiger partial charge in [0.15, 0.2) is 6.61 Å². The van der Waals surface area contributed by atoms with E-state index in [2.05, 4.69) is 6.92 Å². The van der Waals surface area contributed by atoms with Crippen LogP contribution in [0.2, 0.25) is 5.02 Å². The van der Waals surface area contributed by atoms with Crippen LogP contribution in [0.5, 0.6) is 5.75 Å². The third-order valence-electron chi connectivity index (χ3n) is 5.30. The summed E-state index contributed by atoms with van der Waals surface area (Å²) in [6, 6.07) is 13.8. The summed E-state index contributed by atoms with van der Waals surface area (Å²) in [5.74, 6) is 1.15. The molecule has 1 fully saturated rings. The number of nitrogens with zero attached hydrogens (tertiary/aromatic N) is 2. The molecule has 0 bridgehead atoms. The van der Waals surface area contributed by atoms with Crippen LogP contribution in [0.4, 0.5) is 5.69 Å².